The zero-order chi connectivity index (χ0) is 15.3. The van der Waals surface area contributed by atoms with Gasteiger partial charge in [-0.2, -0.15) is 4.31 Å². The van der Waals surface area contributed by atoms with Crippen LogP contribution in [-0.4, -0.2) is 38.9 Å². The second-order valence-electron chi connectivity index (χ2n) is 5.69. The third-order valence-electron chi connectivity index (χ3n) is 4.35. The molecule has 2 aliphatic heterocycles. The normalized spacial score (nSPS) is 26.8. The minimum absolute atomic E-state index is 0.00448. The Morgan fingerprint density at radius 3 is 2.71 bits per heavy atom. The molecule has 1 atom stereocenters. The summed E-state index contributed by atoms with van der Waals surface area (Å²) in [5.41, 5.74) is 0.00448. The van der Waals surface area contributed by atoms with Gasteiger partial charge >= 0.3 is 0 Å². The van der Waals surface area contributed by atoms with Crippen molar-refractivity contribution in [3.63, 3.8) is 0 Å². The van der Waals surface area contributed by atoms with E-state index in [1.807, 2.05) is 0 Å². The SMILES string of the molecule is O=S(=O)(c1ccc(Cl)c(F)c1Cl)N1CCC2(CCNC2)C1. The van der Waals surface area contributed by atoms with Crippen LogP contribution in [0.1, 0.15) is 12.8 Å². The molecule has 1 spiro atoms. The van der Waals surface area contributed by atoms with Crippen molar-refractivity contribution in [2.24, 2.45) is 5.41 Å². The molecule has 2 aliphatic rings. The maximum atomic E-state index is 13.7. The molecule has 1 N–H and O–H groups in total. The van der Waals surface area contributed by atoms with Crippen LogP contribution in [0.5, 0.6) is 0 Å². The maximum Gasteiger partial charge on any atom is 0.244 e. The van der Waals surface area contributed by atoms with Gasteiger partial charge in [0.15, 0.2) is 5.82 Å². The first-order valence-electron chi connectivity index (χ1n) is 6.70. The zero-order valence-corrected chi connectivity index (χ0v) is 13.5. The lowest BCUT2D eigenvalue weighted by atomic mass is 9.87. The van der Waals surface area contributed by atoms with Crippen LogP contribution >= 0.6 is 23.2 Å². The smallest absolute Gasteiger partial charge is 0.244 e. The Morgan fingerprint density at radius 2 is 2.05 bits per heavy atom. The largest absolute Gasteiger partial charge is 0.316 e. The van der Waals surface area contributed by atoms with Crippen LogP contribution in [0, 0.1) is 11.2 Å². The van der Waals surface area contributed by atoms with Gasteiger partial charge in [0.2, 0.25) is 10.0 Å². The number of hydrogen-bond acceptors (Lipinski definition) is 3. The minimum Gasteiger partial charge on any atom is -0.316 e. The van der Waals surface area contributed by atoms with Crippen LogP contribution in [0.3, 0.4) is 0 Å². The Hall–Kier alpha value is -0.400. The summed E-state index contributed by atoms with van der Waals surface area (Å²) in [7, 11) is -3.80. The average Bonchev–Trinajstić information content (AvgIpc) is 3.07. The van der Waals surface area contributed by atoms with Crippen LogP contribution in [-0.2, 0) is 10.0 Å². The Morgan fingerprint density at radius 1 is 1.29 bits per heavy atom. The lowest BCUT2D eigenvalue weighted by Gasteiger charge is -2.23. The highest BCUT2D eigenvalue weighted by molar-refractivity contribution is 7.89. The molecule has 4 nitrogen and oxygen atoms in total. The number of hydrogen-bond donors (Lipinski definition) is 1. The lowest BCUT2D eigenvalue weighted by molar-refractivity contribution is 0.338. The van der Waals surface area contributed by atoms with Gasteiger partial charge in [-0.05, 0) is 36.9 Å². The molecule has 0 aromatic heterocycles. The van der Waals surface area contributed by atoms with Crippen molar-refractivity contribution in [3.8, 4) is 0 Å². The van der Waals surface area contributed by atoms with Crippen molar-refractivity contribution < 1.29 is 12.8 Å². The van der Waals surface area contributed by atoms with Gasteiger partial charge in [-0.25, -0.2) is 12.8 Å². The maximum absolute atomic E-state index is 13.7. The average molecular weight is 353 g/mol. The van der Waals surface area contributed by atoms with E-state index >= 15 is 0 Å². The molecule has 0 radical (unpaired) electrons. The predicted molar refractivity (Wildman–Crippen MR) is 79.7 cm³/mol. The summed E-state index contributed by atoms with van der Waals surface area (Å²) in [4.78, 5) is -0.214. The highest BCUT2D eigenvalue weighted by atomic mass is 35.5. The molecule has 0 amide bonds. The fourth-order valence-corrected chi connectivity index (χ4v) is 5.36. The molecule has 2 saturated heterocycles. The third-order valence-corrected chi connectivity index (χ3v) is 7.01. The van der Waals surface area contributed by atoms with Gasteiger partial charge < -0.3 is 5.32 Å². The van der Waals surface area contributed by atoms with E-state index in [0.29, 0.717) is 13.1 Å². The molecule has 2 fully saturated rings. The molecule has 0 bridgehead atoms. The van der Waals surface area contributed by atoms with Crippen LogP contribution in [0.2, 0.25) is 10.0 Å². The van der Waals surface area contributed by atoms with Gasteiger partial charge in [-0.15, -0.1) is 0 Å². The first kappa shape index (κ1) is 15.5. The van der Waals surface area contributed by atoms with Crippen molar-refractivity contribution in [2.75, 3.05) is 26.2 Å². The molecule has 1 unspecified atom stereocenters. The summed E-state index contributed by atoms with van der Waals surface area (Å²) >= 11 is 11.5. The molecule has 2 heterocycles. The second kappa shape index (κ2) is 5.35. The Kier molecular flexibility index (Phi) is 3.95. The first-order valence-corrected chi connectivity index (χ1v) is 8.90. The molecule has 1 aromatic rings. The van der Waals surface area contributed by atoms with Gasteiger partial charge in [0.25, 0.3) is 0 Å². The topological polar surface area (TPSA) is 49.4 Å². The quantitative estimate of drug-likeness (QED) is 0.832. The standard InChI is InChI=1S/C13H15Cl2FN2O2S/c14-9-1-2-10(11(15)12(9)16)21(19,20)18-6-4-13(8-18)3-5-17-7-13/h1-2,17H,3-8H2. The molecule has 1 aromatic carbocycles. The summed E-state index contributed by atoms with van der Waals surface area (Å²) in [5, 5.41) is 2.65. The lowest BCUT2D eigenvalue weighted by Crippen LogP contribution is -2.33. The van der Waals surface area contributed by atoms with E-state index < -0.39 is 20.9 Å². The predicted octanol–water partition coefficient (Wildman–Crippen LogP) is 2.51. The van der Waals surface area contributed by atoms with E-state index in [1.165, 1.54) is 16.4 Å². The Balaban J connectivity index is 1.93. The van der Waals surface area contributed by atoms with Crippen molar-refractivity contribution in [1.29, 1.82) is 0 Å². The summed E-state index contributed by atoms with van der Waals surface area (Å²) in [6, 6.07) is 2.49. The Bertz CT molecular complexity index is 675. The van der Waals surface area contributed by atoms with Gasteiger partial charge in [-0.3, -0.25) is 0 Å². The van der Waals surface area contributed by atoms with E-state index in [-0.39, 0.29) is 15.3 Å². The van der Waals surface area contributed by atoms with Gasteiger partial charge in [-0.1, -0.05) is 23.2 Å². The van der Waals surface area contributed by atoms with E-state index in [2.05, 4.69) is 5.32 Å². The summed E-state index contributed by atoms with van der Waals surface area (Å²) in [5.74, 6) is -0.893. The molecule has 0 aliphatic carbocycles. The number of nitrogens with zero attached hydrogens (tertiary/aromatic N) is 1. The van der Waals surface area contributed by atoms with E-state index in [1.54, 1.807) is 0 Å². The highest BCUT2D eigenvalue weighted by Crippen LogP contribution is 2.40. The van der Waals surface area contributed by atoms with Gasteiger partial charge in [0.05, 0.1) is 10.0 Å². The highest BCUT2D eigenvalue weighted by Gasteiger charge is 2.45. The second-order valence-corrected chi connectivity index (χ2v) is 8.38. The van der Waals surface area contributed by atoms with Crippen LogP contribution in [0.25, 0.3) is 0 Å². The van der Waals surface area contributed by atoms with Crippen molar-refractivity contribution in [2.45, 2.75) is 17.7 Å². The van der Waals surface area contributed by atoms with Crippen LogP contribution < -0.4 is 5.32 Å². The zero-order valence-electron chi connectivity index (χ0n) is 11.2. The monoisotopic (exact) mass is 352 g/mol. The van der Waals surface area contributed by atoms with E-state index in [4.69, 9.17) is 23.2 Å². The molecule has 21 heavy (non-hydrogen) atoms. The molecule has 8 heteroatoms. The number of sulfonamides is 1. The number of rotatable bonds is 2. The van der Waals surface area contributed by atoms with E-state index in [9.17, 15) is 12.8 Å². The van der Waals surface area contributed by atoms with Crippen molar-refractivity contribution in [1.82, 2.24) is 9.62 Å². The summed E-state index contributed by atoms with van der Waals surface area (Å²) in [6.45, 7) is 2.61. The van der Waals surface area contributed by atoms with Gasteiger partial charge in [0.1, 0.15) is 4.90 Å². The van der Waals surface area contributed by atoms with Gasteiger partial charge in [0, 0.05) is 19.6 Å². The van der Waals surface area contributed by atoms with Crippen molar-refractivity contribution in [3.05, 3.63) is 28.0 Å². The molecule has 0 saturated carbocycles. The summed E-state index contributed by atoms with van der Waals surface area (Å²) < 4.78 is 40.5. The fraction of sp³-hybridized carbons (Fsp3) is 0.538. The minimum atomic E-state index is -3.80. The van der Waals surface area contributed by atoms with Crippen LogP contribution in [0.15, 0.2) is 17.0 Å². The Labute approximate surface area is 133 Å². The molecule has 116 valence electrons. The summed E-state index contributed by atoms with van der Waals surface area (Å²) in [6.07, 6.45) is 1.77. The van der Waals surface area contributed by atoms with E-state index in [0.717, 1.165) is 25.9 Å². The molecule has 3 rings (SSSR count). The van der Waals surface area contributed by atoms with Crippen LogP contribution in [0.4, 0.5) is 4.39 Å². The first-order chi connectivity index (χ1) is 9.86. The number of halogens is 3. The third kappa shape index (κ3) is 2.57. The molecular formula is C13H15Cl2FN2O2S. The fourth-order valence-electron chi connectivity index (χ4n) is 3.09. The van der Waals surface area contributed by atoms with Crippen molar-refractivity contribution >= 4 is 33.2 Å². The number of benzene rings is 1. The number of nitrogens with one attached hydrogen (secondary N) is 1. The molecular weight excluding hydrogens is 338 g/mol.